The Kier molecular flexibility index (Phi) is 1.60. The second-order valence-electron chi connectivity index (χ2n) is 1.89. The molecule has 2 unspecified atom stereocenters. The molecule has 1 fully saturated rings. The van der Waals surface area contributed by atoms with Crippen molar-refractivity contribution in [3.05, 3.63) is 0 Å². The summed E-state index contributed by atoms with van der Waals surface area (Å²) in [5, 5.41) is 0.866. The predicted molar refractivity (Wildman–Crippen MR) is 34.0 cm³/mol. The third-order valence-electron chi connectivity index (χ3n) is 1.18. The van der Waals surface area contributed by atoms with Crippen LogP contribution in [-0.4, -0.2) is 16.7 Å². The monoisotopic (exact) mass is 117 g/mol. The molecule has 42 valence electrons. The molecule has 1 aliphatic rings. The minimum atomic E-state index is 0.866. The van der Waals surface area contributed by atoms with Gasteiger partial charge in [-0.05, 0) is 13.5 Å². The summed E-state index contributed by atoms with van der Waals surface area (Å²) >= 11 is 1.95. The molecule has 0 amide bonds. The van der Waals surface area contributed by atoms with E-state index in [1.165, 1.54) is 12.8 Å². The van der Waals surface area contributed by atoms with Gasteiger partial charge < -0.3 is 0 Å². The van der Waals surface area contributed by atoms with E-state index >= 15 is 0 Å². The molecular formula is C5H11NS. The van der Waals surface area contributed by atoms with Crippen molar-refractivity contribution >= 4 is 11.9 Å². The second-order valence-corrected chi connectivity index (χ2v) is 3.23. The molecule has 0 aliphatic carbocycles. The Morgan fingerprint density at radius 3 is 2.43 bits per heavy atom. The van der Waals surface area contributed by atoms with E-state index in [-0.39, 0.29) is 0 Å². The molecule has 0 aromatic rings. The molecule has 1 aliphatic heterocycles. The van der Waals surface area contributed by atoms with Crippen molar-refractivity contribution in [2.75, 3.05) is 7.05 Å². The first-order valence-electron chi connectivity index (χ1n) is 2.74. The van der Waals surface area contributed by atoms with Crippen molar-refractivity contribution in [1.82, 2.24) is 4.31 Å². The summed E-state index contributed by atoms with van der Waals surface area (Å²) in [5.41, 5.74) is 0. The van der Waals surface area contributed by atoms with Crippen LogP contribution >= 0.6 is 11.9 Å². The molecule has 7 heavy (non-hydrogen) atoms. The average molecular weight is 117 g/mol. The summed E-state index contributed by atoms with van der Waals surface area (Å²) in [4.78, 5) is 0. The van der Waals surface area contributed by atoms with Gasteiger partial charge >= 0.3 is 0 Å². The molecule has 2 atom stereocenters. The normalized spacial score (nSPS) is 38.6. The van der Waals surface area contributed by atoms with Gasteiger partial charge in [-0.2, -0.15) is 0 Å². The average Bonchev–Trinajstić information content (AvgIpc) is 2.22. The SMILES string of the molecule is CCCC1SN1C. The third kappa shape index (κ3) is 1.35. The first-order chi connectivity index (χ1) is 3.34. The molecule has 0 radical (unpaired) electrons. The van der Waals surface area contributed by atoms with Crippen molar-refractivity contribution in [3.63, 3.8) is 0 Å². The van der Waals surface area contributed by atoms with E-state index in [2.05, 4.69) is 18.3 Å². The number of hydrogen-bond acceptors (Lipinski definition) is 2. The fourth-order valence-electron chi connectivity index (χ4n) is 0.646. The molecule has 1 saturated heterocycles. The molecule has 2 heteroatoms. The fourth-order valence-corrected chi connectivity index (χ4v) is 1.42. The van der Waals surface area contributed by atoms with Crippen molar-refractivity contribution in [2.45, 2.75) is 25.1 Å². The predicted octanol–water partition coefficient (Wildman–Crippen LogP) is 1.71. The summed E-state index contributed by atoms with van der Waals surface area (Å²) in [5.74, 6) is 0. The highest BCUT2D eigenvalue weighted by atomic mass is 32.2. The first-order valence-corrected chi connectivity index (χ1v) is 3.58. The molecule has 0 saturated carbocycles. The summed E-state index contributed by atoms with van der Waals surface area (Å²) in [6, 6.07) is 0. The van der Waals surface area contributed by atoms with E-state index in [1.54, 1.807) is 0 Å². The lowest BCUT2D eigenvalue weighted by molar-refractivity contribution is 0.595. The van der Waals surface area contributed by atoms with E-state index in [1.807, 2.05) is 11.9 Å². The minimum Gasteiger partial charge on any atom is -0.238 e. The largest absolute Gasteiger partial charge is 0.238 e. The molecule has 1 rings (SSSR count). The van der Waals surface area contributed by atoms with Gasteiger partial charge in [0.15, 0.2) is 0 Å². The Morgan fingerprint density at radius 2 is 2.29 bits per heavy atom. The zero-order chi connectivity index (χ0) is 5.28. The number of rotatable bonds is 2. The molecule has 0 aromatic carbocycles. The van der Waals surface area contributed by atoms with Crippen LogP contribution in [0.5, 0.6) is 0 Å². The second kappa shape index (κ2) is 2.05. The maximum absolute atomic E-state index is 2.30. The van der Waals surface area contributed by atoms with Crippen LogP contribution in [0.4, 0.5) is 0 Å². The van der Waals surface area contributed by atoms with E-state index in [9.17, 15) is 0 Å². The van der Waals surface area contributed by atoms with Crippen LogP contribution in [-0.2, 0) is 0 Å². The fraction of sp³-hybridized carbons (Fsp3) is 1.00. The first kappa shape index (κ1) is 5.45. The molecule has 0 bridgehead atoms. The molecule has 1 heterocycles. The highest BCUT2D eigenvalue weighted by molar-refractivity contribution is 8.03. The maximum atomic E-state index is 2.30. The summed E-state index contributed by atoms with van der Waals surface area (Å²) in [6.45, 7) is 2.23. The smallest absolute Gasteiger partial charge is 0.0799 e. The lowest BCUT2D eigenvalue weighted by Crippen LogP contribution is -1.91. The van der Waals surface area contributed by atoms with Gasteiger partial charge in [-0.25, -0.2) is 4.31 Å². The number of nitrogens with zero attached hydrogens (tertiary/aromatic N) is 1. The van der Waals surface area contributed by atoms with E-state index < -0.39 is 0 Å². The van der Waals surface area contributed by atoms with Gasteiger partial charge in [0.25, 0.3) is 0 Å². The molecule has 0 spiro atoms. The maximum Gasteiger partial charge on any atom is 0.0799 e. The van der Waals surface area contributed by atoms with E-state index in [0.29, 0.717) is 0 Å². The Hall–Kier alpha value is 0.310. The van der Waals surface area contributed by atoms with Crippen LogP contribution in [0.25, 0.3) is 0 Å². The standard InChI is InChI=1S/C5H11NS/c1-3-4-5-6(2)7-5/h5H,3-4H2,1-2H3. The van der Waals surface area contributed by atoms with E-state index in [4.69, 9.17) is 0 Å². The van der Waals surface area contributed by atoms with Gasteiger partial charge in [0.05, 0.1) is 5.37 Å². The van der Waals surface area contributed by atoms with Gasteiger partial charge in [-0.15, -0.1) is 0 Å². The lowest BCUT2D eigenvalue weighted by Gasteiger charge is -1.85. The van der Waals surface area contributed by atoms with Crippen molar-refractivity contribution in [2.24, 2.45) is 0 Å². The van der Waals surface area contributed by atoms with Crippen LogP contribution in [0.3, 0.4) is 0 Å². The van der Waals surface area contributed by atoms with Crippen LogP contribution < -0.4 is 0 Å². The molecule has 0 aromatic heterocycles. The Morgan fingerprint density at radius 1 is 1.71 bits per heavy atom. The topological polar surface area (TPSA) is 3.01 Å². The zero-order valence-corrected chi connectivity index (χ0v) is 5.66. The highest BCUT2D eigenvalue weighted by Gasteiger charge is 2.29. The van der Waals surface area contributed by atoms with Gasteiger partial charge in [0, 0.05) is 0 Å². The summed E-state index contributed by atoms with van der Waals surface area (Å²) in [6.07, 6.45) is 2.68. The van der Waals surface area contributed by atoms with Gasteiger partial charge in [0.1, 0.15) is 0 Å². The third-order valence-corrected chi connectivity index (χ3v) is 2.35. The quantitative estimate of drug-likeness (QED) is 0.400. The van der Waals surface area contributed by atoms with Crippen LogP contribution in [0.1, 0.15) is 19.8 Å². The van der Waals surface area contributed by atoms with Crippen molar-refractivity contribution in [1.29, 1.82) is 0 Å². The Bertz CT molecular complexity index is 65.1. The van der Waals surface area contributed by atoms with Crippen molar-refractivity contribution < 1.29 is 0 Å². The summed E-state index contributed by atoms with van der Waals surface area (Å²) < 4.78 is 2.30. The van der Waals surface area contributed by atoms with E-state index in [0.717, 1.165) is 5.37 Å². The molecule has 1 nitrogen and oxygen atoms in total. The Balaban J connectivity index is 1.98. The van der Waals surface area contributed by atoms with Gasteiger partial charge in [0.2, 0.25) is 0 Å². The van der Waals surface area contributed by atoms with Gasteiger partial charge in [-0.3, -0.25) is 0 Å². The minimum absolute atomic E-state index is 0.866. The van der Waals surface area contributed by atoms with Crippen molar-refractivity contribution in [3.8, 4) is 0 Å². The van der Waals surface area contributed by atoms with Crippen LogP contribution in [0, 0.1) is 0 Å². The number of hydrogen-bond donors (Lipinski definition) is 0. The highest BCUT2D eigenvalue weighted by Crippen LogP contribution is 2.39. The summed E-state index contributed by atoms with van der Waals surface area (Å²) in [7, 11) is 2.14. The van der Waals surface area contributed by atoms with Crippen LogP contribution in [0.15, 0.2) is 0 Å². The Labute approximate surface area is 49.2 Å². The molecule has 0 N–H and O–H groups in total. The van der Waals surface area contributed by atoms with Crippen LogP contribution in [0.2, 0.25) is 0 Å². The zero-order valence-electron chi connectivity index (χ0n) is 4.85. The molecular weight excluding hydrogens is 106 g/mol. The van der Waals surface area contributed by atoms with Gasteiger partial charge in [-0.1, -0.05) is 25.3 Å². The lowest BCUT2D eigenvalue weighted by atomic mass is 10.3.